The van der Waals surface area contributed by atoms with Crippen LogP contribution in [0.5, 0.6) is 0 Å². The molecule has 0 spiro atoms. The molecule has 1 saturated heterocycles. The molecule has 28 heavy (non-hydrogen) atoms. The third-order valence-corrected chi connectivity index (χ3v) is 7.26. The van der Waals surface area contributed by atoms with Crippen LogP contribution in [0.3, 0.4) is 0 Å². The molecule has 4 rings (SSSR count). The molecular weight excluding hydrogens is 378 g/mol. The van der Waals surface area contributed by atoms with Gasteiger partial charge in [0.1, 0.15) is 10.6 Å². The molecule has 1 amide bonds. The molecule has 0 bridgehead atoms. The number of fused-ring (bicyclic) bond motifs is 1. The zero-order valence-electron chi connectivity index (χ0n) is 15.8. The maximum absolute atomic E-state index is 13.0. The summed E-state index contributed by atoms with van der Waals surface area (Å²) in [7, 11) is -3.69. The molecule has 0 N–H and O–H groups in total. The van der Waals surface area contributed by atoms with E-state index in [0.29, 0.717) is 24.3 Å². The van der Waals surface area contributed by atoms with E-state index in [1.807, 2.05) is 42.5 Å². The van der Waals surface area contributed by atoms with Crippen molar-refractivity contribution in [3.8, 4) is 0 Å². The fourth-order valence-corrected chi connectivity index (χ4v) is 5.40. The molecule has 2 heterocycles. The maximum atomic E-state index is 13.0. The lowest BCUT2D eigenvalue weighted by Crippen LogP contribution is -2.50. The molecule has 3 aromatic rings. The first-order valence-corrected chi connectivity index (χ1v) is 10.5. The molecule has 1 fully saturated rings. The van der Waals surface area contributed by atoms with Gasteiger partial charge in [-0.25, -0.2) is 8.42 Å². The van der Waals surface area contributed by atoms with Gasteiger partial charge in [-0.2, -0.15) is 4.31 Å². The van der Waals surface area contributed by atoms with E-state index in [-0.39, 0.29) is 29.7 Å². The Morgan fingerprint density at radius 1 is 1.00 bits per heavy atom. The number of benzene rings is 2. The van der Waals surface area contributed by atoms with Crippen molar-refractivity contribution in [2.75, 3.05) is 26.2 Å². The van der Waals surface area contributed by atoms with Crippen molar-refractivity contribution in [1.82, 2.24) is 14.4 Å². The summed E-state index contributed by atoms with van der Waals surface area (Å²) in [6, 6.07) is 13.4. The Labute approximate surface area is 163 Å². The summed E-state index contributed by atoms with van der Waals surface area (Å²) in [4.78, 5) is 14.9. The molecule has 1 aliphatic rings. The number of aromatic nitrogens is 1. The zero-order valence-corrected chi connectivity index (χ0v) is 16.6. The van der Waals surface area contributed by atoms with Crippen LogP contribution in [0, 0.1) is 13.8 Å². The van der Waals surface area contributed by atoms with Gasteiger partial charge in [0, 0.05) is 31.7 Å². The summed E-state index contributed by atoms with van der Waals surface area (Å²) in [5, 5.41) is 5.65. The molecule has 0 saturated carbocycles. The molecule has 146 valence electrons. The van der Waals surface area contributed by atoms with Crippen LogP contribution in [-0.2, 0) is 10.0 Å². The van der Waals surface area contributed by atoms with Crippen LogP contribution in [0.2, 0.25) is 0 Å². The van der Waals surface area contributed by atoms with Crippen molar-refractivity contribution in [3.05, 3.63) is 59.5 Å². The number of carbonyl (C=O) groups excluding carboxylic acids is 1. The Balaban J connectivity index is 1.53. The molecule has 7 nitrogen and oxygen atoms in total. The molecule has 1 aromatic heterocycles. The van der Waals surface area contributed by atoms with E-state index in [1.165, 1.54) is 4.31 Å². The van der Waals surface area contributed by atoms with Crippen molar-refractivity contribution in [2.45, 2.75) is 18.7 Å². The highest BCUT2D eigenvalue weighted by molar-refractivity contribution is 7.89. The molecular formula is C20H21N3O4S. The van der Waals surface area contributed by atoms with E-state index in [0.717, 1.165) is 10.8 Å². The lowest BCUT2D eigenvalue weighted by atomic mass is 10.0. The third kappa shape index (κ3) is 3.08. The SMILES string of the molecule is Cc1noc(C)c1S(=O)(=O)N1CCN(C(=O)c2cccc3ccccc23)CC1. The summed E-state index contributed by atoms with van der Waals surface area (Å²) in [6.45, 7) is 4.36. The Kier molecular flexibility index (Phi) is 4.68. The second-order valence-corrected chi connectivity index (χ2v) is 8.75. The van der Waals surface area contributed by atoms with Gasteiger partial charge >= 0.3 is 0 Å². The third-order valence-electron chi connectivity index (χ3n) is 5.11. The molecule has 8 heteroatoms. The highest BCUT2D eigenvalue weighted by Gasteiger charge is 2.34. The Bertz CT molecular complexity index is 1120. The zero-order chi connectivity index (χ0) is 19.9. The first kappa shape index (κ1) is 18.6. The number of amides is 1. The van der Waals surface area contributed by atoms with Gasteiger partial charge in [-0.05, 0) is 30.7 Å². The Hall–Kier alpha value is -2.71. The van der Waals surface area contributed by atoms with Crippen LogP contribution >= 0.6 is 0 Å². The number of carbonyl (C=O) groups is 1. The topological polar surface area (TPSA) is 83.7 Å². The number of sulfonamides is 1. The fourth-order valence-electron chi connectivity index (χ4n) is 3.69. The van der Waals surface area contributed by atoms with Gasteiger partial charge in [0.2, 0.25) is 10.0 Å². The summed E-state index contributed by atoms with van der Waals surface area (Å²) in [6.07, 6.45) is 0. The van der Waals surface area contributed by atoms with E-state index in [9.17, 15) is 13.2 Å². The minimum absolute atomic E-state index is 0.0776. The van der Waals surface area contributed by atoms with E-state index < -0.39 is 10.0 Å². The monoisotopic (exact) mass is 399 g/mol. The molecule has 0 unspecified atom stereocenters. The standard InChI is InChI=1S/C20H21N3O4S/c1-14-19(15(2)27-21-14)28(25,26)23-12-10-22(11-13-23)20(24)18-9-5-7-16-6-3-4-8-17(16)18/h3-9H,10-13H2,1-2H3. The number of piperazine rings is 1. The average molecular weight is 399 g/mol. The predicted octanol–water partition coefficient (Wildman–Crippen LogP) is 2.59. The second kappa shape index (κ2) is 7.03. The number of hydrogen-bond donors (Lipinski definition) is 0. The Morgan fingerprint density at radius 2 is 1.68 bits per heavy atom. The molecule has 0 aliphatic carbocycles. The van der Waals surface area contributed by atoms with Gasteiger partial charge in [0.15, 0.2) is 5.76 Å². The van der Waals surface area contributed by atoms with Gasteiger partial charge in [0.05, 0.1) is 0 Å². The minimum Gasteiger partial charge on any atom is -0.360 e. The van der Waals surface area contributed by atoms with Gasteiger partial charge in [-0.3, -0.25) is 4.79 Å². The van der Waals surface area contributed by atoms with Crippen molar-refractivity contribution >= 4 is 26.7 Å². The van der Waals surface area contributed by atoms with Crippen molar-refractivity contribution in [1.29, 1.82) is 0 Å². The van der Waals surface area contributed by atoms with Gasteiger partial charge in [-0.15, -0.1) is 0 Å². The molecule has 2 aromatic carbocycles. The van der Waals surface area contributed by atoms with Gasteiger partial charge < -0.3 is 9.42 Å². The van der Waals surface area contributed by atoms with Crippen molar-refractivity contribution in [3.63, 3.8) is 0 Å². The smallest absolute Gasteiger partial charge is 0.254 e. The number of aryl methyl sites for hydroxylation is 2. The van der Waals surface area contributed by atoms with Crippen LogP contribution in [0.4, 0.5) is 0 Å². The van der Waals surface area contributed by atoms with Gasteiger partial charge in [0.25, 0.3) is 5.91 Å². The first-order chi connectivity index (χ1) is 13.4. The van der Waals surface area contributed by atoms with Crippen LogP contribution in [0.25, 0.3) is 10.8 Å². The van der Waals surface area contributed by atoms with Crippen LogP contribution in [-0.4, -0.2) is 54.9 Å². The van der Waals surface area contributed by atoms with Crippen LogP contribution < -0.4 is 0 Å². The Morgan fingerprint density at radius 3 is 2.36 bits per heavy atom. The van der Waals surface area contributed by atoms with E-state index in [1.54, 1.807) is 18.7 Å². The molecule has 1 aliphatic heterocycles. The summed E-state index contributed by atoms with van der Waals surface area (Å²) < 4.78 is 32.3. The van der Waals surface area contributed by atoms with Crippen LogP contribution in [0.1, 0.15) is 21.8 Å². The normalized spacial score (nSPS) is 15.9. The molecule has 0 radical (unpaired) electrons. The number of nitrogens with zero attached hydrogens (tertiary/aromatic N) is 3. The predicted molar refractivity (Wildman–Crippen MR) is 105 cm³/mol. The van der Waals surface area contributed by atoms with Crippen molar-refractivity contribution in [2.24, 2.45) is 0 Å². The van der Waals surface area contributed by atoms with E-state index in [2.05, 4.69) is 5.16 Å². The van der Waals surface area contributed by atoms with E-state index >= 15 is 0 Å². The largest absolute Gasteiger partial charge is 0.360 e. The lowest BCUT2D eigenvalue weighted by Gasteiger charge is -2.34. The second-order valence-electron chi connectivity index (χ2n) is 6.88. The highest BCUT2D eigenvalue weighted by Crippen LogP contribution is 2.25. The van der Waals surface area contributed by atoms with Crippen molar-refractivity contribution < 1.29 is 17.7 Å². The highest BCUT2D eigenvalue weighted by atomic mass is 32.2. The maximum Gasteiger partial charge on any atom is 0.254 e. The fraction of sp³-hybridized carbons (Fsp3) is 0.300. The number of rotatable bonds is 3. The first-order valence-electron chi connectivity index (χ1n) is 9.09. The minimum atomic E-state index is -3.69. The summed E-state index contributed by atoms with van der Waals surface area (Å²) in [5.41, 5.74) is 0.992. The number of hydrogen-bond acceptors (Lipinski definition) is 5. The van der Waals surface area contributed by atoms with Crippen LogP contribution in [0.15, 0.2) is 51.9 Å². The quantitative estimate of drug-likeness (QED) is 0.676. The summed E-state index contributed by atoms with van der Waals surface area (Å²) >= 11 is 0. The van der Waals surface area contributed by atoms with Gasteiger partial charge in [-0.1, -0.05) is 41.6 Å². The van der Waals surface area contributed by atoms with E-state index in [4.69, 9.17) is 4.52 Å². The summed E-state index contributed by atoms with van der Waals surface area (Å²) in [5.74, 6) is 0.206. The lowest BCUT2D eigenvalue weighted by molar-refractivity contribution is 0.0700. The molecule has 0 atom stereocenters. The average Bonchev–Trinajstić information content (AvgIpc) is 3.06.